The molecular formula is C17H10ClF4N3O3. The zero-order chi connectivity index (χ0) is 20.6. The van der Waals surface area contributed by atoms with E-state index in [1.807, 2.05) is 0 Å². The van der Waals surface area contributed by atoms with E-state index in [9.17, 15) is 27.2 Å². The van der Waals surface area contributed by atoms with Crippen molar-refractivity contribution in [3.63, 3.8) is 0 Å². The standard InChI is InChI=1S/C17H10ClF4N3O3/c18-10-5-11(19)12(6-13(10)28-9-3-1-8(23)2-4-9)25-15(26)7-14(17(20,21)22)24-16(25)27/h1-7H,23H2,(H,24,27). The van der Waals surface area contributed by atoms with Gasteiger partial charge in [0, 0.05) is 17.8 Å². The molecule has 0 spiro atoms. The first-order valence-electron chi connectivity index (χ1n) is 7.52. The van der Waals surface area contributed by atoms with Gasteiger partial charge in [-0.3, -0.25) is 4.79 Å². The minimum Gasteiger partial charge on any atom is -0.456 e. The van der Waals surface area contributed by atoms with Crippen LogP contribution in [0.15, 0.2) is 52.1 Å². The van der Waals surface area contributed by atoms with Crippen LogP contribution in [0.2, 0.25) is 5.02 Å². The van der Waals surface area contributed by atoms with Gasteiger partial charge in [0.2, 0.25) is 0 Å². The van der Waals surface area contributed by atoms with Crippen molar-refractivity contribution in [1.82, 2.24) is 9.55 Å². The van der Waals surface area contributed by atoms with E-state index in [-0.39, 0.29) is 27.2 Å². The second-order valence-corrected chi connectivity index (χ2v) is 5.97. The number of alkyl halides is 3. The van der Waals surface area contributed by atoms with Crippen LogP contribution in [-0.4, -0.2) is 9.55 Å². The summed E-state index contributed by atoms with van der Waals surface area (Å²) in [5.74, 6) is -0.974. The van der Waals surface area contributed by atoms with Crippen molar-refractivity contribution in [2.75, 3.05) is 5.73 Å². The van der Waals surface area contributed by atoms with Gasteiger partial charge in [-0.1, -0.05) is 11.6 Å². The van der Waals surface area contributed by atoms with E-state index in [1.165, 1.54) is 29.2 Å². The number of aromatic nitrogens is 2. The SMILES string of the molecule is Nc1ccc(Oc2cc(-n3c(=O)cc(C(F)(F)F)[nH]c3=O)c(F)cc2Cl)cc1. The smallest absolute Gasteiger partial charge is 0.431 e. The number of nitrogens with zero attached hydrogens (tertiary/aromatic N) is 1. The Morgan fingerprint density at radius 3 is 2.29 bits per heavy atom. The van der Waals surface area contributed by atoms with Crippen LogP contribution in [0.5, 0.6) is 11.5 Å². The zero-order valence-electron chi connectivity index (χ0n) is 13.7. The van der Waals surface area contributed by atoms with Crippen molar-refractivity contribution >= 4 is 17.3 Å². The van der Waals surface area contributed by atoms with Crippen LogP contribution in [0.25, 0.3) is 5.69 Å². The molecule has 1 aromatic heterocycles. The Hall–Kier alpha value is -3.27. The Labute approximate surface area is 158 Å². The van der Waals surface area contributed by atoms with Gasteiger partial charge < -0.3 is 15.5 Å². The molecular weight excluding hydrogens is 406 g/mol. The first kappa shape index (κ1) is 19.5. The first-order chi connectivity index (χ1) is 13.1. The Balaban J connectivity index is 2.12. The van der Waals surface area contributed by atoms with Crippen LogP contribution in [0, 0.1) is 5.82 Å². The molecule has 0 aliphatic rings. The molecule has 3 rings (SSSR count). The molecule has 3 aromatic rings. The molecule has 0 saturated heterocycles. The molecule has 11 heteroatoms. The van der Waals surface area contributed by atoms with Crippen molar-refractivity contribution in [3.8, 4) is 17.2 Å². The third kappa shape index (κ3) is 3.86. The van der Waals surface area contributed by atoms with Gasteiger partial charge >= 0.3 is 11.9 Å². The number of hydrogen-bond acceptors (Lipinski definition) is 4. The summed E-state index contributed by atoms with van der Waals surface area (Å²) in [6, 6.07) is 7.88. The average Bonchev–Trinajstić information content (AvgIpc) is 2.59. The molecule has 0 radical (unpaired) electrons. The molecule has 146 valence electrons. The highest BCUT2D eigenvalue weighted by atomic mass is 35.5. The normalized spacial score (nSPS) is 11.5. The fraction of sp³-hybridized carbons (Fsp3) is 0.0588. The molecule has 0 amide bonds. The summed E-state index contributed by atoms with van der Waals surface area (Å²) < 4.78 is 58.1. The number of nitrogens with two attached hydrogens (primary N) is 1. The molecule has 6 nitrogen and oxygen atoms in total. The van der Waals surface area contributed by atoms with E-state index < -0.39 is 34.6 Å². The van der Waals surface area contributed by atoms with Crippen molar-refractivity contribution in [3.05, 3.63) is 79.8 Å². The summed E-state index contributed by atoms with van der Waals surface area (Å²) >= 11 is 5.92. The molecule has 3 N–H and O–H groups in total. The Morgan fingerprint density at radius 1 is 1.07 bits per heavy atom. The van der Waals surface area contributed by atoms with Crippen LogP contribution in [0.4, 0.5) is 23.2 Å². The molecule has 0 saturated carbocycles. The van der Waals surface area contributed by atoms with E-state index in [0.717, 1.165) is 12.1 Å². The molecule has 1 heterocycles. The Bertz CT molecular complexity index is 1120. The summed E-state index contributed by atoms with van der Waals surface area (Å²) in [7, 11) is 0. The Kier molecular flexibility index (Phi) is 4.90. The number of benzene rings is 2. The Morgan fingerprint density at radius 2 is 1.71 bits per heavy atom. The van der Waals surface area contributed by atoms with Crippen LogP contribution >= 0.6 is 11.6 Å². The maximum atomic E-state index is 14.3. The molecule has 0 atom stereocenters. The summed E-state index contributed by atoms with van der Waals surface area (Å²) in [6.45, 7) is 0. The largest absolute Gasteiger partial charge is 0.456 e. The minimum absolute atomic E-state index is 0.131. The highest BCUT2D eigenvalue weighted by molar-refractivity contribution is 6.32. The predicted molar refractivity (Wildman–Crippen MR) is 93.6 cm³/mol. The first-order valence-corrected chi connectivity index (χ1v) is 7.90. The number of rotatable bonds is 3. The van der Waals surface area contributed by atoms with Gasteiger partial charge in [-0.15, -0.1) is 0 Å². The van der Waals surface area contributed by atoms with Crippen molar-refractivity contribution in [2.45, 2.75) is 6.18 Å². The topological polar surface area (TPSA) is 90.1 Å². The van der Waals surface area contributed by atoms with Crippen LogP contribution < -0.4 is 21.7 Å². The number of nitrogens with one attached hydrogen (secondary N) is 1. The van der Waals surface area contributed by atoms with Gasteiger partial charge in [-0.25, -0.2) is 13.8 Å². The van der Waals surface area contributed by atoms with Crippen molar-refractivity contribution in [1.29, 1.82) is 0 Å². The summed E-state index contributed by atoms with van der Waals surface area (Å²) in [5.41, 5.74) is 0.987. The van der Waals surface area contributed by atoms with E-state index in [2.05, 4.69) is 0 Å². The molecule has 0 aliphatic carbocycles. The lowest BCUT2D eigenvalue weighted by Crippen LogP contribution is -2.36. The van der Waals surface area contributed by atoms with Gasteiger partial charge in [0.15, 0.2) is 0 Å². The second-order valence-electron chi connectivity index (χ2n) is 5.56. The lowest BCUT2D eigenvalue weighted by atomic mass is 10.2. The molecule has 2 aromatic carbocycles. The maximum Gasteiger partial charge on any atom is 0.431 e. The van der Waals surface area contributed by atoms with Crippen molar-refractivity contribution in [2.24, 2.45) is 0 Å². The number of anilines is 1. The predicted octanol–water partition coefficient (Wildman–Crippen LogP) is 3.71. The number of hydrogen-bond donors (Lipinski definition) is 2. The summed E-state index contributed by atoms with van der Waals surface area (Å²) in [4.78, 5) is 25.5. The summed E-state index contributed by atoms with van der Waals surface area (Å²) in [6.07, 6.45) is -4.95. The van der Waals surface area contributed by atoms with E-state index in [0.29, 0.717) is 5.69 Å². The maximum absolute atomic E-state index is 14.3. The highest BCUT2D eigenvalue weighted by Gasteiger charge is 2.33. The van der Waals surface area contributed by atoms with E-state index in [1.54, 1.807) is 0 Å². The monoisotopic (exact) mass is 415 g/mol. The zero-order valence-corrected chi connectivity index (χ0v) is 14.4. The molecule has 0 aliphatic heterocycles. The molecule has 0 bridgehead atoms. The molecule has 0 unspecified atom stereocenters. The number of nitrogen functional groups attached to an aromatic ring is 1. The molecule has 0 fully saturated rings. The van der Waals surface area contributed by atoms with E-state index in [4.69, 9.17) is 22.1 Å². The van der Waals surface area contributed by atoms with Gasteiger partial charge in [0.1, 0.15) is 23.0 Å². The minimum atomic E-state index is -4.95. The van der Waals surface area contributed by atoms with E-state index >= 15 is 0 Å². The van der Waals surface area contributed by atoms with Gasteiger partial charge in [0.25, 0.3) is 5.56 Å². The lowest BCUT2D eigenvalue weighted by molar-refractivity contribution is -0.141. The fourth-order valence-corrected chi connectivity index (χ4v) is 2.50. The van der Waals surface area contributed by atoms with Crippen molar-refractivity contribution < 1.29 is 22.3 Å². The van der Waals surface area contributed by atoms with Crippen LogP contribution in [-0.2, 0) is 6.18 Å². The highest BCUT2D eigenvalue weighted by Crippen LogP contribution is 2.33. The number of H-pyrrole nitrogens is 1. The average molecular weight is 416 g/mol. The number of halogens is 5. The summed E-state index contributed by atoms with van der Waals surface area (Å²) in [5, 5.41) is -0.186. The number of ether oxygens (including phenoxy) is 1. The third-order valence-electron chi connectivity index (χ3n) is 3.59. The van der Waals surface area contributed by atoms with Crippen LogP contribution in [0.3, 0.4) is 0 Å². The number of aromatic amines is 1. The van der Waals surface area contributed by atoms with Crippen LogP contribution in [0.1, 0.15) is 5.69 Å². The van der Waals surface area contributed by atoms with Gasteiger partial charge in [-0.05, 0) is 30.3 Å². The third-order valence-corrected chi connectivity index (χ3v) is 3.88. The second kappa shape index (κ2) is 7.04. The van der Waals surface area contributed by atoms with Gasteiger partial charge in [0.05, 0.1) is 10.7 Å². The molecule has 28 heavy (non-hydrogen) atoms. The fourth-order valence-electron chi connectivity index (χ4n) is 2.31. The quantitative estimate of drug-likeness (QED) is 0.504. The lowest BCUT2D eigenvalue weighted by Gasteiger charge is -2.13. The van der Waals surface area contributed by atoms with Gasteiger partial charge in [-0.2, -0.15) is 13.2 Å².